The van der Waals surface area contributed by atoms with Crippen molar-refractivity contribution in [1.82, 2.24) is 0 Å². The molecule has 0 radical (unpaired) electrons. The third-order valence-corrected chi connectivity index (χ3v) is 3.18. The van der Waals surface area contributed by atoms with Crippen molar-refractivity contribution in [3.8, 4) is 0 Å². The number of nitrogens with two attached hydrogens (primary N) is 1. The molecule has 2 aromatic carbocycles. The molecular weight excluding hydrogens is 281 g/mol. The van der Waals surface area contributed by atoms with Gasteiger partial charge >= 0.3 is 0 Å². The third kappa shape index (κ3) is 4.86. The summed E-state index contributed by atoms with van der Waals surface area (Å²) in [7, 11) is 1.65. The van der Waals surface area contributed by atoms with Gasteiger partial charge < -0.3 is 15.8 Å². The lowest BCUT2D eigenvalue weighted by Crippen LogP contribution is -2.23. The Morgan fingerprint density at radius 3 is 2.64 bits per heavy atom. The first-order valence-electron chi connectivity index (χ1n) is 7.07. The zero-order chi connectivity index (χ0) is 15.8. The lowest BCUT2D eigenvalue weighted by atomic mass is 10.1. The minimum atomic E-state index is -0.233. The minimum absolute atomic E-state index is 0.233. The topological polar surface area (TPSA) is 59.6 Å². The number of ether oxygens (including phenoxy) is 1. The van der Waals surface area contributed by atoms with E-state index in [2.05, 4.69) is 10.3 Å². The normalized spacial score (nSPS) is 11.5. The summed E-state index contributed by atoms with van der Waals surface area (Å²) in [6.07, 6.45) is 0.711. The van der Waals surface area contributed by atoms with Crippen molar-refractivity contribution >= 4 is 11.6 Å². The summed E-state index contributed by atoms with van der Waals surface area (Å²) in [5.41, 5.74) is 8.82. The quantitative estimate of drug-likeness (QED) is 0.637. The maximum atomic E-state index is 12.8. The predicted molar refractivity (Wildman–Crippen MR) is 87.4 cm³/mol. The molecule has 5 heteroatoms. The maximum Gasteiger partial charge on any atom is 0.193 e. The Labute approximate surface area is 129 Å². The summed E-state index contributed by atoms with van der Waals surface area (Å²) in [5.74, 6) is 0.119. The van der Waals surface area contributed by atoms with Crippen LogP contribution in [0.1, 0.15) is 11.1 Å². The van der Waals surface area contributed by atoms with Crippen LogP contribution in [0.5, 0.6) is 0 Å². The fraction of sp³-hybridized carbons (Fsp3) is 0.235. The summed E-state index contributed by atoms with van der Waals surface area (Å²) in [6, 6.07) is 14.2. The van der Waals surface area contributed by atoms with Gasteiger partial charge in [-0.1, -0.05) is 30.3 Å². The molecule has 0 heterocycles. The van der Waals surface area contributed by atoms with E-state index in [1.165, 1.54) is 12.1 Å². The number of halogens is 1. The highest BCUT2D eigenvalue weighted by atomic mass is 19.1. The van der Waals surface area contributed by atoms with Crippen LogP contribution in [0.3, 0.4) is 0 Å². The molecule has 0 aliphatic heterocycles. The van der Waals surface area contributed by atoms with Crippen LogP contribution in [0.4, 0.5) is 10.1 Å². The first kappa shape index (κ1) is 16.0. The number of nitrogens with zero attached hydrogens (tertiary/aromatic N) is 1. The molecule has 22 heavy (non-hydrogen) atoms. The highest BCUT2D eigenvalue weighted by molar-refractivity contribution is 5.92. The Hall–Kier alpha value is -2.40. The van der Waals surface area contributed by atoms with Gasteiger partial charge in [0.1, 0.15) is 5.82 Å². The second-order valence-electron chi connectivity index (χ2n) is 4.86. The van der Waals surface area contributed by atoms with Crippen LogP contribution in [0.15, 0.2) is 53.5 Å². The molecule has 0 amide bonds. The Kier molecular flexibility index (Phi) is 5.91. The lowest BCUT2D eigenvalue weighted by molar-refractivity contribution is 0.185. The van der Waals surface area contributed by atoms with Crippen LogP contribution in [0.25, 0.3) is 0 Å². The van der Waals surface area contributed by atoms with Crippen molar-refractivity contribution in [3.63, 3.8) is 0 Å². The number of methoxy groups -OCH3 is 1. The molecule has 0 saturated heterocycles. The van der Waals surface area contributed by atoms with Gasteiger partial charge in [0.15, 0.2) is 5.96 Å². The first-order chi connectivity index (χ1) is 10.7. The van der Waals surface area contributed by atoms with Crippen LogP contribution in [-0.4, -0.2) is 19.6 Å². The molecule has 4 nitrogen and oxygen atoms in total. The smallest absolute Gasteiger partial charge is 0.193 e. The van der Waals surface area contributed by atoms with E-state index in [1.807, 2.05) is 24.3 Å². The molecule has 2 aromatic rings. The predicted octanol–water partition coefficient (Wildman–Crippen LogP) is 2.94. The highest BCUT2D eigenvalue weighted by Crippen LogP contribution is 2.15. The number of hydrogen-bond acceptors (Lipinski definition) is 2. The molecule has 0 unspecified atom stereocenters. The molecule has 0 spiro atoms. The van der Waals surface area contributed by atoms with Gasteiger partial charge in [0.25, 0.3) is 0 Å². The van der Waals surface area contributed by atoms with Crippen molar-refractivity contribution in [2.24, 2.45) is 10.7 Å². The third-order valence-electron chi connectivity index (χ3n) is 3.18. The molecule has 0 atom stereocenters. The second kappa shape index (κ2) is 8.14. The van der Waals surface area contributed by atoms with E-state index in [0.29, 0.717) is 25.5 Å². The molecule has 0 saturated carbocycles. The molecule has 0 aliphatic rings. The maximum absolute atomic E-state index is 12.8. The van der Waals surface area contributed by atoms with Gasteiger partial charge in [-0.05, 0) is 30.2 Å². The average Bonchev–Trinajstić information content (AvgIpc) is 2.51. The SMILES string of the molecule is COCc1ccccc1NC(N)=NCCc1ccc(F)cc1. The molecule has 3 N–H and O–H groups in total. The number of rotatable bonds is 6. The van der Waals surface area contributed by atoms with Gasteiger partial charge in [0.2, 0.25) is 0 Å². The van der Waals surface area contributed by atoms with Crippen molar-refractivity contribution in [3.05, 3.63) is 65.5 Å². The van der Waals surface area contributed by atoms with E-state index in [-0.39, 0.29) is 5.82 Å². The fourth-order valence-corrected chi connectivity index (χ4v) is 2.06. The molecule has 116 valence electrons. The van der Waals surface area contributed by atoms with Gasteiger partial charge in [-0.25, -0.2) is 4.39 Å². The standard InChI is InChI=1S/C17H20FN3O/c1-22-12-14-4-2-3-5-16(14)21-17(19)20-11-10-13-6-8-15(18)9-7-13/h2-9H,10-12H2,1H3,(H3,19,20,21). The summed E-state index contributed by atoms with van der Waals surface area (Å²) in [4.78, 5) is 4.29. The van der Waals surface area contributed by atoms with Crippen LogP contribution in [0.2, 0.25) is 0 Å². The van der Waals surface area contributed by atoms with E-state index in [0.717, 1.165) is 16.8 Å². The monoisotopic (exact) mass is 301 g/mol. The second-order valence-corrected chi connectivity index (χ2v) is 4.86. The number of hydrogen-bond donors (Lipinski definition) is 2. The Bertz CT molecular complexity index is 626. The summed E-state index contributed by atoms with van der Waals surface area (Å²) in [5, 5.41) is 3.08. The lowest BCUT2D eigenvalue weighted by Gasteiger charge is -2.10. The zero-order valence-electron chi connectivity index (χ0n) is 12.6. The van der Waals surface area contributed by atoms with Crippen molar-refractivity contribution < 1.29 is 9.13 Å². The molecule has 2 rings (SSSR count). The van der Waals surface area contributed by atoms with E-state index < -0.39 is 0 Å². The Morgan fingerprint density at radius 2 is 1.91 bits per heavy atom. The molecule has 0 fully saturated rings. The number of anilines is 1. The summed E-state index contributed by atoms with van der Waals surface area (Å²) < 4.78 is 18.0. The Morgan fingerprint density at radius 1 is 1.18 bits per heavy atom. The largest absolute Gasteiger partial charge is 0.380 e. The molecule has 0 bridgehead atoms. The van der Waals surface area contributed by atoms with Gasteiger partial charge in [0, 0.05) is 24.9 Å². The first-order valence-corrected chi connectivity index (χ1v) is 7.07. The van der Waals surface area contributed by atoms with Crippen LogP contribution < -0.4 is 11.1 Å². The number of aliphatic imine (C=N–C) groups is 1. The van der Waals surface area contributed by atoms with E-state index in [9.17, 15) is 4.39 Å². The average molecular weight is 301 g/mol. The van der Waals surface area contributed by atoms with Crippen LogP contribution >= 0.6 is 0 Å². The number of para-hydroxylation sites is 1. The summed E-state index contributed by atoms with van der Waals surface area (Å²) >= 11 is 0. The van der Waals surface area contributed by atoms with E-state index >= 15 is 0 Å². The van der Waals surface area contributed by atoms with E-state index in [1.54, 1.807) is 19.2 Å². The zero-order valence-corrected chi connectivity index (χ0v) is 12.6. The van der Waals surface area contributed by atoms with Gasteiger partial charge in [-0.3, -0.25) is 4.99 Å². The van der Waals surface area contributed by atoms with Crippen LogP contribution in [-0.2, 0) is 17.8 Å². The van der Waals surface area contributed by atoms with Crippen LogP contribution in [0, 0.1) is 5.82 Å². The van der Waals surface area contributed by atoms with Gasteiger partial charge in [-0.15, -0.1) is 0 Å². The summed E-state index contributed by atoms with van der Waals surface area (Å²) in [6.45, 7) is 1.04. The molecule has 0 aromatic heterocycles. The number of nitrogens with one attached hydrogen (secondary N) is 1. The minimum Gasteiger partial charge on any atom is -0.380 e. The fourth-order valence-electron chi connectivity index (χ4n) is 2.06. The van der Waals surface area contributed by atoms with Crippen molar-refractivity contribution in [2.75, 3.05) is 19.0 Å². The Balaban J connectivity index is 1.91. The number of benzene rings is 2. The highest BCUT2D eigenvalue weighted by Gasteiger charge is 2.02. The van der Waals surface area contributed by atoms with Crippen molar-refractivity contribution in [1.29, 1.82) is 0 Å². The number of guanidine groups is 1. The molecule has 0 aliphatic carbocycles. The van der Waals surface area contributed by atoms with Gasteiger partial charge in [-0.2, -0.15) is 0 Å². The van der Waals surface area contributed by atoms with Gasteiger partial charge in [0.05, 0.1) is 6.61 Å². The van der Waals surface area contributed by atoms with Crippen molar-refractivity contribution in [2.45, 2.75) is 13.0 Å². The molecular formula is C17H20FN3O. The van der Waals surface area contributed by atoms with E-state index in [4.69, 9.17) is 10.5 Å².